The minimum absolute atomic E-state index is 0.142. The molecule has 9 heteroatoms. The molecule has 190 valence electrons. The fourth-order valence-electron chi connectivity index (χ4n) is 4.72. The second-order valence-electron chi connectivity index (χ2n) is 9.43. The molecular formula is C28H30N6O3. The average molecular weight is 499 g/mol. The molecule has 5 aromatic rings. The summed E-state index contributed by atoms with van der Waals surface area (Å²) in [5.41, 5.74) is 2.35. The molecule has 9 nitrogen and oxygen atoms in total. The quantitative estimate of drug-likeness (QED) is 0.301. The van der Waals surface area contributed by atoms with Crippen LogP contribution in [0, 0.1) is 5.92 Å². The summed E-state index contributed by atoms with van der Waals surface area (Å²) in [4.78, 5) is 18.4. The molecule has 0 radical (unpaired) electrons. The first-order valence-corrected chi connectivity index (χ1v) is 12.3. The zero-order valence-corrected chi connectivity index (χ0v) is 21.2. The van der Waals surface area contributed by atoms with Gasteiger partial charge in [-0.15, -0.1) is 5.10 Å². The molecule has 3 aromatic heterocycles. The summed E-state index contributed by atoms with van der Waals surface area (Å²) in [7, 11) is 1.61. The number of hydrogen-bond acceptors (Lipinski definition) is 7. The summed E-state index contributed by atoms with van der Waals surface area (Å²) < 4.78 is 12.8. The van der Waals surface area contributed by atoms with E-state index >= 15 is 0 Å². The van der Waals surface area contributed by atoms with Crippen LogP contribution in [0.4, 0.5) is 0 Å². The van der Waals surface area contributed by atoms with Crippen molar-refractivity contribution in [2.24, 2.45) is 5.92 Å². The van der Waals surface area contributed by atoms with Crippen molar-refractivity contribution in [2.45, 2.75) is 39.5 Å². The van der Waals surface area contributed by atoms with Gasteiger partial charge in [0.2, 0.25) is 0 Å². The molecule has 0 aliphatic carbocycles. The lowest BCUT2D eigenvalue weighted by molar-refractivity contribution is 0.116. The van der Waals surface area contributed by atoms with Crippen LogP contribution in [0.25, 0.3) is 10.9 Å². The largest absolute Gasteiger partial charge is 0.497 e. The number of fused-ring (bicyclic) bond motifs is 1. The highest BCUT2D eigenvalue weighted by atomic mass is 16.5. The van der Waals surface area contributed by atoms with Gasteiger partial charge in [0.05, 0.1) is 38.0 Å². The Kier molecular flexibility index (Phi) is 7.14. The van der Waals surface area contributed by atoms with Crippen LogP contribution in [0.1, 0.15) is 42.6 Å². The molecule has 0 spiro atoms. The Hall–Kier alpha value is -4.24. The molecule has 0 unspecified atom stereocenters. The molecular weight excluding hydrogens is 468 g/mol. The minimum Gasteiger partial charge on any atom is -0.497 e. The zero-order chi connectivity index (χ0) is 25.8. The number of pyridine rings is 1. The molecule has 3 heterocycles. The van der Waals surface area contributed by atoms with E-state index in [0.29, 0.717) is 30.9 Å². The van der Waals surface area contributed by atoms with E-state index in [2.05, 4.69) is 51.4 Å². The minimum atomic E-state index is -0.172. The van der Waals surface area contributed by atoms with Crippen LogP contribution < -0.4 is 10.3 Å². The monoisotopic (exact) mass is 498 g/mol. The van der Waals surface area contributed by atoms with Crippen molar-refractivity contribution in [1.29, 1.82) is 0 Å². The highest BCUT2D eigenvalue weighted by Crippen LogP contribution is 2.31. The Balaban J connectivity index is 1.53. The van der Waals surface area contributed by atoms with Crippen LogP contribution in [-0.4, -0.2) is 37.2 Å². The van der Waals surface area contributed by atoms with E-state index in [0.717, 1.165) is 28.1 Å². The van der Waals surface area contributed by atoms with Crippen LogP contribution in [0.5, 0.6) is 5.75 Å². The number of H-pyrrole nitrogens is 1. The molecule has 5 rings (SSSR count). The third-order valence-electron chi connectivity index (χ3n) is 6.47. The predicted molar refractivity (Wildman–Crippen MR) is 140 cm³/mol. The Morgan fingerprint density at radius 1 is 1.05 bits per heavy atom. The summed E-state index contributed by atoms with van der Waals surface area (Å²) in [6.07, 6.45) is 1.66. The molecule has 0 bridgehead atoms. The summed E-state index contributed by atoms with van der Waals surface area (Å²) in [6, 6.07) is 21.3. The number of benzene rings is 2. The van der Waals surface area contributed by atoms with Crippen molar-refractivity contribution in [2.75, 3.05) is 7.11 Å². The first-order valence-electron chi connectivity index (χ1n) is 12.3. The van der Waals surface area contributed by atoms with Gasteiger partial charge in [-0.3, -0.25) is 9.69 Å². The highest BCUT2D eigenvalue weighted by molar-refractivity contribution is 5.80. The maximum atomic E-state index is 13.2. The van der Waals surface area contributed by atoms with Crippen LogP contribution in [0.3, 0.4) is 0 Å². The number of ether oxygens (including phenoxy) is 1. The second kappa shape index (κ2) is 10.8. The Morgan fingerprint density at radius 2 is 1.89 bits per heavy atom. The van der Waals surface area contributed by atoms with Crippen LogP contribution in [0.15, 0.2) is 82.2 Å². The number of tetrazole rings is 1. The van der Waals surface area contributed by atoms with Gasteiger partial charge in [0.1, 0.15) is 11.5 Å². The number of aromatic nitrogens is 5. The smallest absolute Gasteiger partial charge is 0.252 e. The van der Waals surface area contributed by atoms with E-state index in [4.69, 9.17) is 9.15 Å². The van der Waals surface area contributed by atoms with E-state index in [1.165, 1.54) is 0 Å². The van der Waals surface area contributed by atoms with Crippen molar-refractivity contribution in [3.63, 3.8) is 0 Å². The van der Waals surface area contributed by atoms with Gasteiger partial charge >= 0.3 is 0 Å². The average Bonchev–Trinajstić information content (AvgIpc) is 3.57. The number of methoxy groups -OCH3 is 1. The molecule has 0 saturated carbocycles. The summed E-state index contributed by atoms with van der Waals surface area (Å²) in [5, 5.41) is 13.7. The maximum Gasteiger partial charge on any atom is 0.252 e. The van der Waals surface area contributed by atoms with Gasteiger partial charge in [-0.05, 0) is 57.6 Å². The summed E-state index contributed by atoms with van der Waals surface area (Å²) >= 11 is 0. The first kappa shape index (κ1) is 24.5. The molecule has 0 fully saturated rings. The predicted octanol–water partition coefficient (Wildman–Crippen LogP) is 4.56. The summed E-state index contributed by atoms with van der Waals surface area (Å²) in [6.45, 7) is 5.71. The SMILES string of the molecule is COc1ccc2cc(CN(Cc3ccco3)[C@H](c3nnnn3Cc3ccccc3)C(C)C)c(=O)[nH]c2c1. The van der Waals surface area contributed by atoms with Crippen LogP contribution >= 0.6 is 0 Å². The fourth-order valence-corrected chi connectivity index (χ4v) is 4.72. The van der Waals surface area contributed by atoms with E-state index in [9.17, 15) is 4.79 Å². The van der Waals surface area contributed by atoms with Crippen molar-refractivity contribution in [1.82, 2.24) is 30.1 Å². The number of rotatable bonds is 10. The van der Waals surface area contributed by atoms with Crippen LogP contribution in [-0.2, 0) is 19.6 Å². The lowest BCUT2D eigenvalue weighted by Gasteiger charge is -2.33. The van der Waals surface area contributed by atoms with Crippen molar-refractivity contribution in [3.8, 4) is 5.75 Å². The van der Waals surface area contributed by atoms with Crippen molar-refractivity contribution < 1.29 is 9.15 Å². The number of nitrogens with one attached hydrogen (secondary N) is 1. The zero-order valence-electron chi connectivity index (χ0n) is 21.2. The Morgan fingerprint density at radius 3 is 2.62 bits per heavy atom. The number of aromatic amines is 1. The number of hydrogen-bond donors (Lipinski definition) is 1. The Bertz CT molecular complexity index is 1510. The first-order chi connectivity index (χ1) is 18.0. The normalized spacial score (nSPS) is 12.5. The van der Waals surface area contributed by atoms with Crippen molar-refractivity contribution >= 4 is 10.9 Å². The lowest BCUT2D eigenvalue weighted by Crippen LogP contribution is -2.35. The number of furan rings is 1. The molecule has 1 atom stereocenters. The molecule has 0 aliphatic heterocycles. The number of nitrogens with zero attached hydrogens (tertiary/aromatic N) is 5. The third kappa shape index (κ3) is 5.46. The summed E-state index contributed by atoms with van der Waals surface area (Å²) in [5.74, 6) is 2.39. The second-order valence-corrected chi connectivity index (χ2v) is 9.43. The van der Waals surface area contributed by atoms with Gasteiger partial charge in [0.15, 0.2) is 5.82 Å². The van der Waals surface area contributed by atoms with E-state index in [1.807, 2.05) is 59.3 Å². The van der Waals surface area contributed by atoms with Gasteiger partial charge in [-0.1, -0.05) is 44.2 Å². The lowest BCUT2D eigenvalue weighted by atomic mass is 10.00. The Labute approximate surface area is 214 Å². The van der Waals surface area contributed by atoms with E-state index < -0.39 is 0 Å². The highest BCUT2D eigenvalue weighted by Gasteiger charge is 2.30. The van der Waals surface area contributed by atoms with Gasteiger partial charge in [-0.2, -0.15) is 0 Å². The van der Waals surface area contributed by atoms with E-state index in [1.54, 1.807) is 13.4 Å². The molecule has 1 N–H and O–H groups in total. The van der Waals surface area contributed by atoms with Gasteiger partial charge in [0.25, 0.3) is 5.56 Å². The topological polar surface area (TPSA) is 102 Å². The molecule has 0 aliphatic rings. The van der Waals surface area contributed by atoms with Crippen LogP contribution in [0.2, 0.25) is 0 Å². The van der Waals surface area contributed by atoms with Gasteiger partial charge < -0.3 is 14.1 Å². The van der Waals surface area contributed by atoms with E-state index in [-0.39, 0.29) is 17.5 Å². The standard InChI is InChI=1S/C28H30N6O3/c1-19(2)26(27-30-31-32-34(27)16-20-8-5-4-6-9-20)33(18-24-10-7-13-37-24)17-22-14-21-11-12-23(36-3)15-25(21)29-28(22)35/h4-15,19,26H,16-18H2,1-3H3,(H,29,35)/t26-/m0/s1. The maximum absolute atomic E-state index is 13.2. The van der Waals surface area contributed by atoms with Crippen molar-refractivity contribution in [3.05, 3.63) is 106 Å². The fraction of sp³-hybridized carbons (Fsp3) is 0.286. The molecule has 37 heavy (non-hydrogen) atoms. The van der Waals surface area contributed by atoms with Gasteiger partial charge in [-0.25, -0.2) is 4.68 Å². The third-order valence-corrected chi connectivity index (χ3v) is 6.47. The molecule has 2 aromatic carbocycles. The molecule has 0 amide bonds. The van der Waals surface area contributed by atoms with Gasteiger partial charge in [0, 0.05) is 18.2 Å². The molecule has 0 saturated heterocycles.